The molecule has 0 saturated carbocycles. The molecule has 146 valence electrons. The van der Waals surface area contributed by atoms with Crippen molar-refractivity contribution in [2.75, 3.05) is 38.1 Å². The van der Waals surface area contributed by atoms with Crippen molar-refractivity contribution < 1.29 is 9.84 Å². The standard InChI is InChI=1S/C22H31N3O2/c1-18(26)15-25-13-10-19(11-14-25)16-24(2)22-21(9-6-12-23-22)27-17-20-7-4-3-5-8-20/h3-9,12,18-19,26H,10-11,13-17H2,1-2H3/t18-/m1/s1. The molecule has 1 aromatic heterocycles. The predicted octanol–water partition coefficient (Wildman–Crippen LogP) is 3.19. The van der Waals surface area contributed by atoms with Crippen molar-refractivity contribution in [3.8, 4) is 5.75 Å². The third-order valence-electron chi connectivity index (χ3n) is 5.11. The Hall–Kier alpha value is -2.11. The Kier molecular flexibility index (Phi) is 7.07. The molecule has 1 aliphatic heterocycles. The topological polar surface area (TPSA) is 48.8 Å². The largest absolute Gasteiger partial charge is 0.485 e. The number of hydrogen-bond donors (Lipinski definition) is 1. The molecule has 0 spiro atoms. The first-order chi connectivity index (χ1) is 13.1. The number of hydrogen-bond acceptors (Lipinski definition) is 5. The van der Waals surface area contributed by atoms with Crippen LogP contribution in [0.1, 0.15) is 25.3 Å². The monoisotopic (exact) mass is 369 g/mol. The average Bonchev–Trinajstić information content (AvgIpc) is 2.68. The maximum atomic E-state index is 9.56. The summed E-state index contributed by atoms with van der Waals surface area (Å²) in [6.45, 7) is 6.27. The summed E-state index contributed by atoms with van der Waals surface area (Å²) in [6, 6.07) is 14.1. The molecule has 0 radical (unpaired) electrons. The Balaban J connectivity index is 1.55. The van der Waals surface area contributed by atoms with E-state index in [0.29, 0.717) is 12.5 Å². The van der Waals surface area contributed by atoms with Gasteiger partial charge in [-0.2, -0.15) is 0 Å². The van der Waals surface area contributed by atoms with Gasteiger partial charge in [0.15, 0.2) is 11.6 Å². The van der Waals surface area contributed by atoms with E-state index in [1.54, 1.807) is 0 Å². The Morgan fingerprint density at radius 3 is 2.63 bits per heavy atom. The van der Waals surface area contributed by atoms with Gasteiger partial charge in [0, 0.05) is 26.3 Å². The fourth-order valence-corrected chi connectivity index (χ4v) is 3.72. The van der Waals surface area contributed by atoms with Crippen molar-refractivity contribution in [2.24, 2.45) is 5.92 Å². The van der Waals surface area contributed by atoms with Crippen LogP contribution >= 0.6 is 0 Å². The van der Waals surface area contributed by atoms with Crippen molar-refractivity contribution >= 4 is 5.82 Å². The summed E-state index contributed by atoms with van der Waals surface area (Å²) in [5.41, 5.74) is 1.15. The highest BCUT2D eigenvalue weighted by Gasteiger charge is 2.22. The van der Waals surface area contributed by atoms with Crippen LogP contribution in [0.15, 0.2) is 48.7 Å². The molecule has 0 unspecified atom stereocenters. The maximum absolute atomic E-state index is 9.56. The van der Waals surface area contributed by atoms with Crippen LogP contribution in [0.3, 0.4) is 0 Å². The SMILES string of the molecule is C[C@@H](O)CN1CCC(CN(C)c2ncccc2OCc2ccccc2)CC1. The van der Waals surface area contributed by atoms with Crippen molar-refractivity contribution in [3.05, 3.63) is 54.2 Å². The minimum atomic E-state index is -0.248. The fourth-order valence-electron chi connectivity index (χ4n) is 3.72. The number of piperidine rings is 1. The zero-order valence-corrected chi connectivity index (χ0v) is 16.4. The van der Waals surface area contributed by atoms with Gasteiger partial charge in [0.25, 0.3) is 0 Å². The number of pyridine rings is 1. The molecule has 1 atom stereocenters. The first-order valence-electron chi connectivity index (χ1n) is 9.85. The van der Waals surface area contributed by atoms with Crippen LogP contribution in [0.4, 0.5) is 5.82 Å². The lowest BCUT2D eigenvalue weighted by atomic mass is 9.96. The van der Waals surface area contributed by atoms with Crippen molar-refractivity contribution in [1.29, 1.82) is 0 Å². The van der Waals surface area contributed by atoms with Gasteiger partial charge in [-0.25, -0.2) is 4.98 Å². The number of aromatic nitrogens is 1. The molecular formula is C22H31N3O2. The zero-order valence-electron chi connectivity index (χ0n) is 16.4. The smallest absolute Gasteiger partial charge is 0.171 e. The lowest BCUT2D eigenvalue weighted by Crippen LogP contribution is -2.40. The minimum absolute atomic E-state index is 0.248. The number of likely N-dealkylation sites (tertiary alicyclic amines) is 1. The first kappa shape index (κ1) is 19.6. The molecule has 1 aliphatic rings. The molecule has 0 bridgehead atoms. The molecule has 2 aromatic rings. The van der Waals surface area contributed by atoms with E-state index < -0.39 is 0 Å². The van der Waals surface area contributed by atoms with Crippen LogP contribution in [0.2, 0.25) is 0 Å². The van der Waals surface area contributed by atoms with Gasteiger partial charge in [-0.3, -0.25) is 0 Å². The molecule has 5 nitrogen and oxygen atoms in total. The normalized spacial score (nSPS) is 16.9. The molecule has 0 amide bonds. The number of ether oxygens (including phenoxy) is 1. The van der Waals surface area contributed by atoms with Crippen LogP contribution in [0, 0.1) is 5.92 Å². The second kappa shape index (κ2) is 9.72. The van der Waals surface area contributed by atoms with E-state index in [1.807, 2.05) is 43.5 Å². The van der Waals surface area contributed by atoms with E-state index in [9.17, 15) is 5.11 Å². The lowest BCUT2D eigenvalue weighted by Gasteiger charge is -2.34. The molecule has 1 fully saturated rings. The number of benzene rings is 1. The van der Waals surface area contributed by atoms with Crippen LogP contribution < -0.4 is 9.64 Å². The number of nitrogens with zero attached hydrogens (tertiary/aromatic N) is 3. The zero-order chi connectivity index (χ0) is 19.1. The summed E-state index contributed by atoms with van der Waals surface area (Å²) in [6.07, 6.45) is 3.89. The predicted molar refractivity (Wildman–Crippen MR) is 109 cm³/mol. The number of aliphatic hydroxyl groups excluding tert-OH is 1. The number of β-amino-alcohol motifs (C(OH)–C–C–N with tert-alkyl or cyclic N) is 1. The van der Waals surface area contributed by atoms with Gasteiger partial charge in [-0.1, -0.05) is 30.3 Å². The second-order valence-electron chi connectivity index (χ2n) is 7.57. The van der Waals surface area contributed by atoms with E-state index in [2.05, 4.69) is 34.0 Å². The first-order valence-corrected chi connectivity index (χ1v) is 9.85. The van der Waals surface area contributed by atoms with Crippen molar-refractivity contribution in [2.45, 2.75) is 32.5 Å². The lowest BCUT2D eigenvalue weighted by molar-refractivity contribution is 0.101. The third kappa shape index (κ3) is 5.94. The van der Waals surface area contributed by atoms with Gasteiger partial charge in [-0.15, -0.1) is 0 Å². The summed E-state index contributed by atoms with van der Waals surface area (Å²) in [5.74, 6) is 2.37. The van der Waals surface area contributed by atoms with E-state index >= 15 is 0 Å². The minimum Gasteiger partial charge on any atom is -0.485 e. The number of aliphatic hydroxyl groups is 1. The highest BCUT2D eigenvalue weighted by Crippen LogP contribution is 2.27. The average molecular weight is 370 g/mol. The molecule has 2 heterocycles. The second-order valence-corrected chi connectivity index (χ2v) is 7.57. The molecule has 0 aliphatic carbocycles. The van der Waals surface area contributed by atoms with Gasteiger partial charge in [0.05, 0.1) is 6.10 Å². The number of rotatable bonds is 8. The summed E-state index contributed by atoms with van der Waals surface area (Å²) in [5, 5.41) is 9.56. The van der Waals surface area contributed by atoms with Gasteiger partial charge >= 0.3 is 0 Å². The maximum Gasteiger partial charge on any atom is 0.171 e. The summed E-state index contributed by atoms with van der Waals surface area (Å²) < 4.78 is 6.05. The summed E-state index contributed by atoms with van der Waals surface area (Å²) in [4.78, 5) is 9.14. The molecule has 27 heavy (non-hydrogen) atoms. The van der Waals surface area contributed by atoms with E-state index in [-0.39, 0.29) is 6.10 Å². The molecular weight excluding hydrogens is 338 g/mol. The van der Waals surface area contributed by atoms with Gasteiger partial charge < -0.3 is 19.6 Å². The molecule has 1 saturated heterocycles. The highest BCUT2D eigenvalue weighted by atomic mass is 16.5. The van der Waals surface area contributed by atoms with Gasteiger partial charge in [0.1, 0.15) is 6.61 Å². The van der Waals surface area contributed by atoms with Crippen LogP contribution in [0.25, 0.3) is 0 Å². The van der Waals surface area contributed by atoms with Crippen LogP contribution in [0.5, 0.6) is 5.75 Å². The highest BCUT2D eigenvalue weighted by molar-refractivity contribution is 5.51. The fraction of sp³-hybridized carbons (Fsp3) is 0.500. The Bertz CT molecular complexity index is 685. The Morgan fingerprint density at radius 2 is 1.93 bits per heavy atom. The summed E-state index contributed by atoms with van der Waals surface area (Å²) >= 11 is 0. The van der Waals surface area contributed by atoms with Gasteiger partial charge in [0.2, 0.25) is 0 Å². The third-order valence-corrected chi connectivity index (χ3v) is 5.11. The van der Waals surface area contributed by atoms with Crippen LogP contribution in [-0.4, -0.2) is 54.3 Å². The van der Waals surface area contributed by atoms with Crippen LogP contribution in [-0.2, 0) is 6.61 Å². The summed E-state index contributed by atoms with van der Waals surface area (Å²) in [7, 11) is 2.10. The molecule has 1 aromatic carbocycles. The Morgan fingerprint density at radius 1 is 1.19 bits per heavy atom. The Labute approximate surface area is 162 Å². The molecule has 3 rings (SSSR count). The molecule has 1 N–H and O–H groups in total. The molecule has 5 heteroatoms. The quantitative estimate of drug-likeness (QED) is 0.774. The van der Waals surface area contributed by atoms with Crippen molar-refractivity contribution in [1.82, 2.24) is 9.88 Å². The van der Waals surface area contributed by atoms with E-state index in [1.165, 1.54) is 0 Å². The van der Waals surface area contributed by atoms with E-state index in [0.717, 1.165) is 56.2 Å². The van der Waals surface area contributed by atoms with E-state index in [4.69, 9.17) is 4.74 Å². The number of anilines is 1. The van der Waals surface area contributed by atoms with Gasteiger partial charge in [-0.05, 0) is 56.5 Å². The van der Waals surface area contributed by atoms with Crippen molar-refractivity contribution in [3.63, 3.8) is 0 Å².